The van der Waals surface area contributed by atoms with Gasteiger partial charge in [0.15, 0.2) is 0 Å². The number of imidazole rings is 1. The summed E-state index contributed by atoms with van der Waals surface area (Å²) in [5.74, 6) is 1.17. The third kappa shape index (κ3) is 7.29. The molecule has 4 nitrogen and oxygen atoms in total. The summed E-state index contributed by atoms with van der Waals surface area (Å²) >= 11 is 0. The fourth-order valence-corrected chi connectivity index (χ4v) is 4.72. The van der Waals surface area contributed by atoms with Gasteiger partial charge in [-0.05, 0) is 37.1 Å². The molecular weight excluding hydrogens is 480 g/mol. The minimum atomic E-state index is -2.83. The maximum atomic E-state index is 12.8. The highest BCUT2D eigenvalue weighted by Gasteiger charge is 2.22. The van der Waals surface area contributed by atoms with Crippen LogP contribution < -0.4 is 4.74 Å². The van der Waals surface area contributed by atoms with Gasteiger partial charge in [-0.2, -0.15) is 8.78 Å². The first-order valence-corrected chi connectivity index (χ1v) is 13.5. The number of benzene rings is 3. The van der Waals surface area contributed by atoms with Crippen molar-refractivity contribution < 1.29 is 13.5 Å². The molecule has 200 valence electrons. The topological polar surface area (TPSA) is 30.3 Å². The van der Waals surface area contributed by atoms with Crippen molar-refractivity contribution in [2.45, 2.75) is 65.8 Å². The lowest BCUT2D eigenvalue weighted by Gasteiger charge is -2.24. The van der Waals surface area contributed by atoms with Crippen molar-refractivity contribution in [3.63, 3.8) is 0 Å². The molecule has 0 radical (unpaired) electrons. The molecule has 0 spiro atoms. The summed E-state index contributed by atoms with van der Waals surface area (Å²) < 4.78 is 32.7. The van der Waals surface area contributed by atoms with Crippen molar-refractivity contribution in [3.8, 4) is 28.4 Å². The summed E-state index contributed by atoms with van der Waals surface area (Å²) in [6.45, 7) is 4.67. The maximum Gasteiger partial charge on any atom is 0.387 e. The molecule has 0 bridgehead atoms. The highest BCUT2D eigenvalue weighted by Crippen LogP contribution is 2.31. The number of hydrogen-bond acceptors (Lipinski definition) is 3. The van der Waals surface area contributed by atoms with E-state index in [4.69, 9.17) is 4.98 Å². The van der Waals surface area contributed by atoms with Gasteiger partial charge < -0.3 is 9.30 Å². The van der Waals surface area contributed by atoms with Gasteiger partial charge in [0.2, 0.25) is 0 Å². The van der Waals surface area contributed by atoms with Crippen LogP contribution in [0.2, 0.25) is 0 Å². The first-order valence-electron chi connectivity index (χ1n) is 13.5. The number of hydrogen-bond donors (Lipinski definition) is 0. The molecule has 1 heterocycles. The van der Waals surface area contributed by atoms with Crippen LogP contribution in [0.15, 0.2) is 84.9 Å². The van der Waals surface area contributed by atoms with Gasteiger partial charge in [-0.1, -0.05) is 99.5 Å². The van der Waals surface area contributed by atoms with E-state index in [1.54, 1.807) is 18.2 Å². The average Bonchev–Trinajstić information content (AvgIpc) is 3.29. The van der Waals surface area contributed by atoms with Crippen LogP contribution in [-0.4, -0.2) is 27.6 Å². The fraction of sp³-hybridized carbons (Fsp3) is 0.344. The van der Waals surface area contributed by atoms with E-state index in [0.717, 1.165) is 67.0 Å². The zero-order valence-corrected chi connectivity index (χ0v) is 22.3. The zero-order chi connectivity index (χ0) is 26.7. The van der Waals surface area contributed by atoms with Crippen molar-refractivity contribution in [2.75, 3.05) is 6.54 Å². The minimum Gasteiger partial charge on any atom is -0.435 e. The van der Waals surface area contributed by atoms with Crippen LogP contribution in [0.1, 0.15) is 50.8 Å². The Morgan fingerprint density at radius 3 is 2.16 bits per heavy atom. The zero-order valence-electron chi connectivity index (χ0n) is 22.3. The van der Waals surface area contributed by atoms with Crippen molar-refractivity contribution in [3.05, 3.63) is 96.2 Å². The number of alkyl halides is 2. The number of nitrogens with zero attached hydrogens (tertiary/aromatic N) is 3. The lowest BCUT2D eigenvalue weighted by Crippen LogP contribution is -2.26. The second kappa shape index (κ2) is 13.9. The van der Waals surface area contributed by atoms with E-state index in [1.165, 1.54) is 5.69 Å². The maximum absolute atomic E-state index is 12.8. The predicted molar refractivity (Wildman–Crippen MR) is 150 cm³/mol. The van der Waals surface area contributed by atoms with Crippen LogP contribution in [0.5, 0.6) is 5.75 Å². The Labute approximate surface area is 224 Å². The highest BCUT2D eigenvalue weighted by atomic mass is 19.3. The second-order valence-electron chi connectivity index (χ2n) is 9.56. The van der Waals surface area contributed by atoms with Crippen LogP contribution in [0.25, 0.3) is 22.6 Å². The van der Waals surface area contributed by atoms with E-state index in [1.807, 2.05) is 18.2 Å². The first-order chi connectivity index (χ1) is 18.6. The van der Waals surface area contributed by atoms with Crippen LogP contribution >= 0.6 is 0 Å². The van der Waals surface area contributed by atoms with Crippen molar-refractivity contribution in [2.24, 2.45) is 0 Å². The molecule has 1 aromatic heterocycles. The van der Waals surface area contributed by atoms with Crippen LogP contribution in [-0.2, 0) is 19.6 Å². The standard InChI is InChI=1S/C32H37F2N3O/c1-3-5-20-36(23-25-14-13-19-28(22-25)38-32(33)34)24-29-30(26-15-9-7-10-16-26)35-31(37(29)21-6-4-2)27-17-11-8-12-18-27/h7-19,22,32H,3-6,20-21,23-24H2,1-2H3. The average molecular weight is 518 g/mol. The Bertz CT molecular complexity index is 1260. The van der Waals surface area contributed by atoms with Gasteiger partial charge in [-0.25, -0.2) is 4.98 Å². The van der Waals surface area contributed by atoms with Gasteiger partial charge in [0.25, 0.3) is 0 Å². The van der Waals surface area contributed by atoms with E-state index >= 15 is 0 Å². The molecule has 0 N–H and O–H groups in total. The SMILES string of the molecule is CCCCN(Cc1cccc(OC(F)F)c1)Cc1c(-c2ccccc2)nc(-c2ccccc2)n1CCCC. The molecule has 0 saturated heterocycles. The third-order valence-electron chi connectivity index (χ3n) is 6.62. The van der Waals surface area contributed by atoms with Crippen LogP contribution in [0.4, 0.5) is 8.78 Å². The van der Waals surface area contributed by atoms with Gasteiger partial charge in [0.1, 0.15) is 11.6 Å². The molecule has 0 aliphatic rings. The minimum absolute atomic E-state index is 0.192. The Morgan fingerprint density at radius 2 is 1.50 bits per heavy atom. The molecule has 38 heavy (non-hydrogen) atoms. The lowest BCUT2D eigenvalue weighted by molar-refractivity contribution is -0.0499. The van der Waals surface area contributed by atoms with Crippen LogP contribution in [0, 0.1) is 0 Å². The molecular formula is C32H37F2N3O. The predicted octanol–water partition coefficient (Wildman–Crippen LogP) is 8.42. The smallest absolute Gasteiger partial charge is 0.387 e. The molecule has 6 heteroatoms. The van der Waals surface area contributed by atoms with E-state index in [0.29, 0.717) is 13.1 Å². The molecule has 4 rings (SSSR count). The van der Waals surface area contributed by atoms with E-state index in [2.05, 4.69) is 76.6 Å². The Kier molecular flexibility index (Phi) is 10.0. The third-order valence-corrected chi connectivity index (χ3v) is 6.62. The van der Waals surface area contributed by atoms with Gasteiger partial charge in [0.05, 0.1) is 11.4 Å². The molecule has 3 aromatic carbocycles. The number of unbranched alkanes of at least 4 members (excludes halogenated alkanes) is 2. The van der Waals surface area contributed by atoms with Gasteiger partial charge >= 0.3 is 6.61 Å². The summed E-state index contributed by atoms with van der Waals surface area (Å²) in [6, 6.07) is 27.8. The van der Waals surface area contributed by atoms with Crippen LogP contribution in [0.3, 0.4) is 0 Å². The van der Waals surface area contributed by atoms with Gasteiger partial charge in [-0.3, -0.25) is 4.90 Å². The van der Waals surface area contributed by atoms with E-state index in [9.17, 15) is 8.78 Å². The molecule has 0 fully saturated rings. The summed E-state index contributed by atoms with van der Waals surface area (Å²) in [6.07, 6.45) is 4.26. The van der Waals surface area contributed by atoms with Gasteiger partial charge in [-0.15, -0.1) is 0 Å². The number of halogens is 2. The molecule has 0 atom stereocenters. The summed E-state index contributed by atoms with van der Waals surface area (Å²) in [5, 5.41) is 0. The molecule has 0 unspecified atom stereocenters. The van der Waals surface area contributed by atoms with Crippen molar-refractivity contribution in [1.29, 1.82) is 0 Å². The molecule has 0 aliphatic carbocycles. The first kappa shape index (κ1) is 27.5. The van der Waals surface area contributed by atoms with E-state index < -0.39 is 6.61 Å². The number of ether oxygens (including phenoxy) is 1. The molecule has 0 saturated carbocycles. The molecule has 0 aliphatic heterocycles. The fourth-order valence-electron chi connectivity index (χ4n) is 4.72. The second-order valence-corrected chi connectivity index (χ2v) is 9.56. The lowest BCUT2D eigenvalue weighted by atomic mass is 10.1. The van der Waals surface area contributed by atoms with Gasteiger partial charge in [0, 0.05) is 30.8 Å². The monoisotopic (exact) mass is 517 g/mol. The van der Waals surface area contributed by atoms with E-state index in [-0.39, 0.29) is 5.75 Å². The van der Waals surface area contributed by atoms with Crippen molar-refractivity contribution in [1.82, 2.24) is 14.5 Å². The molecule has 4 aromatic rings. The summed E-state index contributed by atoms with van der Waals surface area (Å²) in [7, 11) is 0. The Morgan fingerprint density at radius 1 is 0.816 bits per heavy atom. The highest BCUT2D eigenvalue weighted by molar-refractivity contribution is 5.68. The molecule has 0 amide bonds. The Hall–Kier alpha value is -3.51. The number of aromatic nitrogens is 2. The largest absolute Gasteiger partial charge is 0.435 e. The quantitative estimate of drug-likeness (QED) is 0.168. The normalized spacial score (nSPS) is 11.4. The Balaban J connectivity index is 1.75. The summed E-state index contributed by atoms with van der Waals surface area (Å²) in [5.41, 5.74) is 5.32. The van der Waals surface area contributed by atoms with Crippen molar-refractivity contribution >= 4 is 0 Å². The summed E-state index contributed by atoms with van der Waals surface area (Å²) in [4.78, 5) is 7.62. The number of rotatable bonds is 14.